The number of fused-ring (bicyclic) bond motifs is 1. The van der Waals surface area contributed by atoms with Gasteiger partial charge in [-0.25, -0.2) is 0 Å². The van der Waals surface area contributed by atoms with E-state index in [1.54, 1.807) is 30.3 Å². The van der Waals surface area contributed by atoms with Crippen LogP contribution in [0.1, 0.15) is 34.8 Å². The second-order valence-electron chi connectivity index (χ2n) is 7.82. The summed E-state index contributed by atoms with van der Waals surface area (Å²) >= 11 is 3.40. The monoisotopic (exact) mass is 521 g/mol. The molecule has 1 aliphatic rings. The summed E-state index contributed by atoms with van der Waals surface area (Å²) < 4.78 is 17.7. The molecule has 34 heavy (non-hydrogen) atoms. The minimum atomic E-state index is -0.911. The van der Waals surface area contributed by atoms with Gasteiger partial charge in [0.1, 0.15) is 23.1 Å². The number of furan rings is 2. The number of aliphatic hydroxyl groups is 1. The molecule has 4 aromatic rings. The van der Waals surface area contributed by atoms with Crippen LogP contribution < -0.4 is 4.74 Å². The predicted octanol–water partition coefficient (Wildman–Crippen LogP) is 5.97. The summed E-state index contributed by atoms with van der Waals surface area (Å²) in [7, 11) is 0. The standard InChI is InChI=1S/C26H20BrNO6/c1-2-32-18-6-3-5-15(11-18)14-28-23(20-7-4-10-33-20)22(25(30)26(28)31)24(29)21-13-16-12-17(27)8-9-19(16)34-21/h3-13,23,30H,2,14H2,1H3. The third kappa shape index (κ3) is 3.90. The molecule has 1 atom stereocenters. The molecule has 1 aliphatic heterocycles. The van der Waals surface area contributed by atoms with Crippen molar-refractivity contribution in [1.82, 2.24) is 4.90 Å². The quantitative estimate of drug-likeness (QED) is 0.301. The van der Waals surface area contributed by atoms with Gasteiger partial charge in [0.2, 0.25) is 5.78 Å². The van der Waals surface area contributed by atoms with Crippen LogP contribution in [0, 0.1) is 0 Å². The van der Waals surface area contributed by atoms with Gasteiger partial charge >= 0.3 is 0 Å². The number of carbonyl (C=O) groups excluding carboxylic acids is 2. The number of Topliss-reactive ketones (excluding diaryl/α,β-unsaturated/α-hetero) is 1. The predicted molar refractivity (Wildman–Crippen MR) is 128 cm³/mol. The van der Waals surface area contributed by atoms with Gasteiger partial charge in [0.15, 0.2) is 11.5 Å². The lowest BCUT2D eigenvalue weighted by Crippen LogP contribution is -2.30. The SMILES string of the molecule is CCOc1cccc(CN2C(=O)C(O)=C(C(=O)c3cc4cc(Br)ccc4o3)C2c2ccco2)c1. The first-order valence-corrected chi connectivity index (χ1v) is 11.5. The summed E-state index contributed by atoms with van der Waals surface area (Å²) in [5.74, 6) is -0.799. The van der Waals surface area contributed by atoms with Crippen LogP contribution in [-0.4, -0.2) is 28.3 Å². The van der Waals surface area contributed by atoms with E-state index in [0.717, 1.165) is 15.4 Å². The molecule has 1 unspecified atom stereocenters. The van der Waals surface area contributed by atoms with Crippen LogP contribution in [0.15, 0.2) is 91.6 Å². The highest BCUT2D eigenvalue weighted by molar-refractivity contribution is 9.10. The number of nitrogens with zero attached hydrogens (tertiary/aromatic N) is 1. The summed E-state index contributed by atoms with van der Waals surface area (Å²) in [4.78, 5) is 28.1. The van der Waals surface area contributed by atoms with Crippen molar-refractivity contribution in [3.63, 3.8) is 0 Å². The number of rotatable bonds is 7. The van der Waals surface area contributed by atoms with E-state index in [9.17, 15) is 14.7 Å². The smallest absolute Gasteiger partial charge is 0.290 e. The first kappa shape index (κ1) is 22.0. The van der Waals surface area contributed by atoms with Crippen LogP contribution in [-0.2, 0) is 11.3 Å². The summed E-state index contributed by atoms with van der Waals surface area (Å²) in [5, 5.41) is 11.5. The van der Waals surface area contributed by atoms with Crippen molar-refractivity contribution in [1.29, 1.82) is 0 Å². The Hall–Kier alpha value is -3.78. The molecule has 7 nitrogen and oxygen atoms in total. The van der Waals surface area contributed by atoms with Gasteiger partial charge in [0, 0.05) is 16.4 Å². The summed E-state index contributed by atoms with van der Waals surface area (Å²) in [6.07, 6.45) is 1.46. The van der Waals surface area contributed by atoms with E-state index in [0.29, 0.717) is 23.7 Å². The minimum Gasteiger partial charge on any atom is -0.503 e. The van der Waals surface area contributed by atoms with Gasteiger partial charge in [-0.05, 0) is 61.0 Å². The molecule has 0 radical (unpaired) electrons. The van der Waals surface area contributed by atoms with Crippen LogP contribution in [0.5, 0.6) is 5.75 Å². The first-order valence-electron chi connectivity index (χ1n) is 10.7. The van der Waals surface area contributed by atoms with Crippen LogP contribution in [0.2, 0.25) is 0 Å². The molecule has 0 spiro atoms. The zero-order valence-corrected chi connectivity index (χ0v) is 19.7. The zero-order chi connectivity index (χ0) is 23.8. The third-order valence-corrected chi connectivity index (χ3v) is 6.12. The summed E-state index contributed by atoms with van der Waals surface area (Å²) in [5.41, 5.74) is 1.22. The van der Waals surface area contributed by atoms with Crippen molar-refractivity contribution in [3.8, 4) is 5.75 Å². The molecule has 172 valence electrons. The normalized spacial score (nSPS) is 16.0. The van der Waals surface area contributed by atoms with Crippen molar-refractivity contribution in [2.75, 3.05) is 6.61 Å². The maximum Gasteiger partial charge on any atom is 0.290 e. The average Bonchev–Trinajstić information content (AvgIpc) is 3.54. The number of ketones is 1. The first-order chi connectivity index (χ1) is 16.5. The van der Waals surface area contributed by atoms with E-state index in [2.05, 4.69) is 15.9 Å². The van der Waals surface area contributed by atoms with Crippen LogP contribution in [0.25, 0.3) is 11.0 Å². The maximum absolute atomic E-state index is 13.5. The second kappa shape index (κ2) is 8.87. The zero-order valence-electron chi connectivity index (χ0n) is 18.2. The number of aliphatic hydroxyl groups excluding tert-OH is 1. The lowest BCUT2D eigenvalue weighted by molar-refractivity contribution is -0.130. The number of carbonyl (C=O) groups is 2. The van der Waals surface area contributed by atoms with E-state index in [1.807, 2.05) is 37.3 Å². The van der Waals surface area contributed by atoms with Crippen molar-refractivity contribution in [2.24, 2.45) is 0 Å². The third-order valence-electron chi connectivity index (χ3n) is 5.63. The fourth-order valence-electron chi connectivity index (χ4n) is 4.15. The molecule has 1 N–H and O–H groups in total. The van der Waals surface area contributed by atoms with Gasteiger partial charge in [-0.2, -0.15) is 0 Å². The van der Waals surface area contributed by atoms with Gasteiger partial charge in [0.05, 0.1) is 18.4 Å². The minimum absolute atomic E-state index is 0.0270. The van der Waals surface area contributed by atoms with Crippen molar-refractivity contribution in [2.45, 2.75) is 19.5 Å². The molecule has 2 aromatic heterocycles. The second-order valence-corrected chi connectivity index (χ2v) is 8.73. The number of benzene rings is 2. The van der Waals surface area contributed by atoms with Crippen molar-refractivity contribution < 1.29 is 28.3 Å². The Morgan fingerprint density at radius 2 is 2.00 bits per heavy atom. The molecule has 5 rings (SSSR count). The van der Waals surface area contributed by atoms with E-state index in [1.165, 1.54) is 11.2 Å². The number of halogens is 1. The highest BCUT2D eigenvalue weighted by Gasteiger charge is 2.46. The van der Waals surface area contributed by atoms with Crippen molar-refractivity contribution in [3.05, 3.63) is 99.8 Å². The molecule has 1 amide bonds. The van der Waals surface area contributed by atoms with E-state index >= 15 is 0 Å². The number of ether oxygens (including phenoxy) is 1. The maximum atomic E-state index is 13.5. The van der Waals surface area contributed by atoms with Crippen molar-refractivity contribution >= 4 is 38.6 Å². The van der Waals surface area contributed by atoms with Crippen LogP contribution in [0.4, 0.5) is 0 Å². The van der Waals surface area contributed by atoms with E-state index < -0.39 is 23.5 Å². The van der Waals surface area contributed by atoms with Crippen LogP contribution in [0.3, 0.4) is 0 Å². The Kier molecular flexibility index (Phi) is 5.75. The van der Waals surface area contributed by atoms with E-state index in [4.69, 9.17) is 13.6 Å². The Morgan fingerprint density at radius 1 is 1.15 bits per heavy atom. The lowest BCUT2D eigenvalue weighted by atomic mass is 9.99. The van der Waals surface area contributed by atoms with Gasteiger partial charge in [-0.3, -0.25) is 9.59 Å². The number of hydrogen-bond donors (Lipinski definition) is 1. The molecule has 0 aliphatic carbocycles. The Morgan fingerprint density at radius 3 is 2.76 bits per heavy atom. The summed E-state index contributed by atoms with van der Waals surface area (Å²) in [6, 6.07) is 16.7. The molecule has 8 heteroatoms. The number of amides is 1. The highest BCUT2D eigenvalue weighted by atomic mass is 79.9. The van der Waals surface area contributed by atoms with Gasteiger partial charge < -0.3 is 23.6 Å². The molecule has 0 saturated heterocycles. The molecule has 3 heterocycles. The van der Waals surface area contributed by atoms with Gasteiger partial charge in [0.25, 0.3) is 5.91 Å². The number of hydrogen-bond acceptors (Lipinski definition) is 6. The average molecular weight is 522 g/mol. The Balaban J connectivity index is 1.54. The molecule has 0 saturated carbocycles. The Bertz CT molecular complexity index is 1420. The molecule has 2 aromatic carbocycles. The molecule has 0 fully saturated rings. The molecular weight excluding hydrogens is 502 g/mol. The highest BCUT2D eigenvalue weighted by Crippen LogP contribution is 2.41. The van der Waals surface area contributed by atoms with E-state index in [-0.39, 0.29) is 17.9 Å². The van der Waals surface area contributed by atoms with Gasteiger partial charge in [-0.15, -0.1) is 0 Å². The summed E-state index contributed by atoms with van der Waals surface area (Å²) in [6.45, 7) is 2.54. The molecule has 0 bridgehead atoms. The topological polar surface area (TPSA) is 93.1 Å². The van der Waals surface area contributed by atoms with Crippen LogP contribution >= 0.6 is 15.9 Å². The Labute approximate surface area is 203 Å². The fourth-order valence-corrected chi connectivity index (χ4v) is 4.53. The molecular formula is C26H20BrNO6. The fraction of sp³-hybridized carbons (Fsp3) is 0.154. The lowest BCUT2D eigenvalue weighted by Gasteiger charge is -2.25. The largest absolute Gasteiger partial charge is 0.503 e. The van der Waals surface area contributed by atoms with Gasteiger partial charge in [-0.1, -0.05) is 28.1 Å².